The van der Waals surface area contributed by atoms with Gasteiger partial charge in [0.05, 0.1) is 6.61 Å². The molecule has 0 bridgehead atoms. The van der Waals surface area contributed by atoms with Crippen LogP contribution in [0.25, 0.3) is 0 Å². The van der Waals surface area contributed by atoms with Gasteiger partial charge in [-0.3, -0.25) is 9.59 Å². The molecule has 4 N–H and O–H groups in total. The number of aryl methyl sites for hydroxylation is 2. The van der Waals surface area contributed by atoms with Crippen LogP contribution in [-0.4, -0.2) is 37.6 Å². The fourth-order valence-corrected chi connectivity index (χ4v) is 1.76. The zero-order chi connectivity index (χ0) is 21.5. The molecule has 0 saturated carbocycles. The van der Waals surface area contributed by atoms with E-state index in [0.717, 1.165) is 29.8 Å². The molecule has 1 rings (SSSR count). The van der Waals surface area contributed by atoms with Crippen molar-refractivity contribution in [3.63, 3.8) is 0 Å². The Morgan fingerprint density at radius 2 is 1.89 bits per heavy atom. The van der Waals surface area contributed by atoms with E-state index in [1.165, 1.54) is 12.3 Å². The van der Waals surface area contributed by atoms with Crippen LogP contribution in [0.3, 0.4) is 0 Å². The summed E-state index contributed by atoms with van der Waals surface area (Å²) in [6.45, 7) is 11.6. The van der Waals surface area contributed by atoms with Gasteiger partial charge in [-0.15, -0.1) is 0 Å². The van der Waals surface area contributed by atoms with Crippen LogP contribution >= 0.6 is 0 Å². The van der Waals surface area contributed by atoms with Gasteiger partial charge < -0.3 is 20.9 Å². The molecule has 0 heterocycles. The van der Waals surface area contributed by atoms with Crippen LogP contribution in [0.15, 0.2) is 30.5 Å². The minimum absolute atomic E-state index is 0.168. The molecule has 0 saturated heterocycles. The van der Waals surface area contributed by atoms with Crippen molar-refractivity contribution < 1.29 is 19.4 Å². The largest absolute Gasteiger partial charge is 0.493 e. The van der Waals surface area contributed by atoms with Crippen molar-refractivity contribution in [2.45, 2.75) is 53.9 Å². The SMILES string of the molecule is CC.CC.CNCCCOc1ccc(CCC(=O)O)cc1C.N/C=C\C=O. The van der Waals surface area contributed by atoms with Crippen LogP contribution in [0.2, 0.25) is 0 Å². The first kappa shape index (κ1) is 29.4. The molecule has 6 nitrogen and oxygen atoms in total. The van der Waals surface area contributed by atoms with E-state index in [-0.39, 0.29) is 6.42 Å². The maximum absolute atomic E-state index is 10.5. The van der Waals surface area contributed by atoms with Crippen LogP contribution in [0.1, 0.15) is 51.7 Å². The topological polar surface area (TPSA) is 102 Å². The molecule has 0 aliphatic rings. The number of ether oxygens (including phenoxy) is 1. The quantitative estimate of drug-likeness (QED) is 0.342. The van der Waals surface area contributed by atoms with E-state index in [4.69, 9.17) is 15.6 Å². The molecule has 156 valence electrons. The van der Waals surface area contributed by atoms with Crippen molar-refractivity contribution in [2.75, 3.05) is 20.2 Å². The first-order valence-electron chi connectivity index (χ1n) is 9.45. The zero-order valence-corrected chi connectivity index (χ0v) is 17.7. The van der Waals surface area contributed by atoms with Crippen molar-refractivity contribution in [3.05, 3.63) is 41.6 Å². The second-order valence-corrected chi connectivity index (χ2v) is 4.82. The molecule has 0 fully saturated rings. The summed E-state index contributed by atoms with van der Waals surface area (Å²) in [6.07, 6.45) is 4.74. The van der Waals surface area contributed by atoms with E-state index in [1.807, 2.05) is 59.9 Å². The van der Waals surface area contributed by atoms with Crippen molar-refractivity contribution in [2.24, 2.45) is 5.73 Å². The fraction of sp³-hybridized carbons (Fsp3) is 0.524. The van der Waals surface area contributed by atoms with Crippen molar-refractivity contribution in [3.8, 4) is 5.75 Å². The van der Waals surface area contributed by atoms with Gasteiger partial charge in [-0.2, -0.15) is 0 Å². The monoisotopic (exact) mass is 382 g/mol. The van der Waals surface area contributed by atoms with Gasteiger partial charge in [0.15, 0.2) is 0 Å². The molecule has 0 aliphatic heterocycles. The average Bonchev–Trinajstić information content (AvgIpc) is 2.69. The van der Waals surface area contributed by atoms with E-state index in [2.05, 4.69) is 5.32 Å². The maximum Gasteiger partial charge on any atom is 0.303 e. The van der Waals surface area contributed by atoms with Gasteiger partial charge >= 0.3 is 5.97 Å². The molecular weight excluding hydrogens is 344 g/mol. The minimum atomic E-state index is -0.764. The Balaban J connectivity index is -0.000000543. The number of hydrogen-bond donors (Lipinski definition) is 3. The minimum Gasteiger partial charge on any atom is -0.493 e. The lowest BCUT2D eigenvalue weighted by Gasteiger charge is -2.10. The summed E-state index contributed by atoms with van der Waals surface area (Å²) in [5, 5.41) is 11.7. The number of carboxylic acids is 1. The van der Waals surface area contributed by atoms with E-state index < -0.39 is 5.97 Å². The number of nitrogens with one attached hydrogen (secondary N) is 1. The molecule has 0 aliphatic carbocycles. The number of allylic oxidation sites excluding steroid dienone is 1. The normalized spacial score (nSPS) is 8.96. The Bertz CT molecular complexity index is 503. The number of nitrogens with two attached hydrogens (primary N) is 1. The van der Waals surface area contributed by atoms with Gasteiger partial charge in [0, 0.05) is 6.42 Å². The molecule has 0 unspecified atom stereocenters. The fourth-order valence-electron chi connectivity index (χ4n) is 1.76. The predicted molar refractivity (Wildman–Crippen MR) is 113 cm³/mol. The Morgan fingerprint density at radius 3 is 2.30 bits per heavy atom. The molecule has 0 spiro atoms. The zero-order valence-electron chi connectivity index (χ0n) is 17.7. The highest BCUT2D eigenvalue weighted by molar-refractivity contribution is 5.67. The van der Waals surface area contributed by atoms with Crippen LogP contribution in [-0.2, 0) is 16.0 Å². The van der Waals surface area contributed by atoms with Gasteiger partial charge in [-0.1, -0.05) is 39.8 Å². The van der Waals surface area contributed by atoms with Crippen molar-refractivity contribution in [1.82, 2.24) is 5.32 Å². The van der Waals surface area contributed by atoms with E-state index >= 15 is 0 Å². The highest BCUT2D eigenvalue weighted by Gasteiger charge is 2.03. The number of rotatable bonds is 9. The molecule has 0 amide bonds. The Kier molecular flexibility index (Phi) is 25.8. The van der Waals surface area contributed by atoms with E-state index in [1.54, 1.807) is 0 Å². The molecule has 6 heteroatoms. The van der Waals surface area contributed by atoms with Gasteiger partial charge in [-0.25, -0.2) is 0 Å². The lowest BCUT2D eigenvalue weighted by molar-refractivity contribution is -0.136. The standard InChI is InChI=1S/C14H21NO3.C3H5NO.2C2H6/c1-11-10-12(5-7-14(16)17)4-6-13(11)18-9-3-8-15-2;4-2-1-3-5;2*1-2/h4,6,10,15H,3,5,7-9H2,1-2H3,(H,16,17);1-3H,4H2;2*1-2H3/b;2-1-;;. The van der Waals surface area contributed by atoms with Crippen molar-refractivity contribution in [1.29, 1.82) is 0 Å². The average molecular weight is 383 g/mol. The summed E-state index contributed by atoms with van der Waals surface area (Å²) in [4.78, 5) is 19.7. The number of carbonyl (C=O) groups excluding carboxylic acids is 1. The lowest BCUT2D eigenvalue weighted by Crippen LogP contribution is -2.11. The third-order valence-electron chi connectivity index (χ3n) is 2.89. The highest BCUT2D eigenvalue weighted by atomic mass is 16.5. The summed E-state index contributed by atoms with van der Waals surface area (Å²) in [6, 6.07) is 5.85. The number of carboxylic acid groups (broad SMARTS) is 1. The second kappa shape index (κ2) is 23.7. The molecule has 1 aromatic carbocycles. The molecule has 0 radical (unpaired) electrons. The Morgan fingerprint density at radius 1 is 1.26 bits per heavy atom. The summed E-state index contributed by atoms with van der Waals surface area (Å²) < 4.78 is 5.66. The van der Waals surface area contributed by atoms with Crippen LogP contribution in [0.4, 0.5) is 0 Å². The van der Waals surface area contributed by atoms with Crippen LogP contribution < -0.4 is 15.8 Å². The van der Waals surface area contributed by atoms with Crippen molar-refractivity contribution >= 4 is 12.3 Å². The first-order chi connectivity index (χ1) is 13.0. The lowest BCUT2D eigenvalue weighted by atomic mass is 10.1. The number of aldehydes is 1. The molecule has 0 aromatic heterocycles. The Labute approximate surface area is 164 Å². The van der Waals surface area contributed by atoms with Gasteiger partial charge in [-0.05, 0) is 62.8 Å². The number of hydrogen-bond acceptors (Lipinski definition) is 5. The van der Waals surface area contributed by atoms with E-state index in [9.17, 15) is 9.59 Å². The predicted octanol–water partition coefficient (Wildman–Crippen LogP) is 3.71. The Hall–Kier alpha value is -2.34. The maximum atomic E-state index is 10.5. The van der Waals surface area contributed by atoms with Gasteiger partial charge in [0.1, 0.15) is 12.0 Å². The molecule has 27 heavy (non-hydrogen) atoms. The second-order valence-electron chi connectivity index (χ2n) is 4.82. The number of benzene rings is 1. The van der Waals surface area contributed by atoms with E-state index in [0.29, 0.717) is 19.3 Å². The number of aliphatic carboxylic acids is 1. The third kappa shape index (κ3) is 19.8. The van der Waals surface area contributed by atoms with Gasteiger partial charge in [0.2, 0.25) is 0 Å². The molecule has 1 aromatic rings. The summed E-state index contributed by atoms with van der Waals surface area (Å²) >= 11 is 0. The van der Waals surface area contributed by atoms with Crippen LogP contribution in [0.5, 0.6) is 5.75 Å². The first-order valence-corrected chi connectivity index (χ1v) is 9.45. The summed E-state index contributed by atoms with van der Waals surface area (Å²) in [7, 11) is 1.92. The summed E-state index contributed by atoms with van der Waals surface area (Å²) in [5.74, 6) is 0.116. The van der Waals surface area contributed by atoms with Gasteiger partial charge in [0.25, 0.3) is 0 Å². The molecule has 0 atom stereocenters. The smallest absolute Gasteiger partial charge is 0.303 e. The molecular formula is C21H38N2O4. The third-order valence-corrected chi connectivity index (χ3v) is 2.89. The number of carbonyl (C=O) groups is 2. The highest BCUT2D eigenvalue weighted by Crippen LogP contribution is 2.20. The summed E-state index contributed by atoms with van der Waals surface area (Å²) in [5.41, 5.74) is 6.82. The van der Waals surface area contributed by atoms with Crippen LogP contribution in [0, 0.1) is 6.92 Å².